The van der Waals surface area contributed by atoms with Crippen LogP contribution in [0.15, 0.2) is 24.3 Å². The molecule has 1 aliphatic heterocycles. The maximum absolute atomic E-state index is 11.8. The SMILES string of the molecule is CC(CNC(=O)COc1ccc(CN)cc1)N1CCCC1. The number of nitrogens with two attached hydrogens (primary N) is 1. The van der Waals surface area contributed by atoms with Crippen LogP contribution in [-0.4, -0.2) is 43.1 Å². The van der Waals surface area contributed by atoms with Crippen molar-refractivity contribution < 1.29 is 9.53 Å². The maximum Gasteiger partial charge on any atom is 0.257 e. The van der Waals surface area contributed by atoms with Crippen molar-refractivity contribution in [3.63, 3.8) is 0 Å². The van der Waals surface area contributed by atoms with Crippen LogP contribution in [0, 0.1) is 0 Å². The fraction of sp³-hybridized carbons (Fsp3) is 0.562. The van der Waals surface area contributed by atoms with Gasteiger partial charge in [-0.15, -0.1) is 0 Å². The van der Waals surface area contributed by atoms with Gasteiger partial charge in [-0.3, -0.25) is 9.69 Å². The van der Waals surface area contributed by atoms with Crippen LogP contribution in [0.25, 0.3) is 0 Å². The first kappa shape index (κ1) is 15.8. The normalized spacial score (nSPS) is 16.7. The Labute approximate surface area is 126 Å². The lowest BCUT2D eigenvalue weighted by Crippen LogP contribution is -2.42. The minimum atomic E-state index is -0.0797. The Morgan fingerprint density at radius 2 is 2.00 bits per heavy atom. The summed E-state index contributed by atoms with van der Waals surface area (Å²) in [5.74, 6) is 0.610. The first-order valence-electron chi connectivity index (χ1n) is 7.61. The van der Waals surface area contributed by atoms with E-state index in [1.165, 1.54) is 12.8 Å². The van der Waals surface area contributed by atoms with Gasteiger partial charge in [0.15, 0.2) is 6.61 Å². The zero-order valence-corrected chi connectivity index (χ0v) is 12.7. The molecule has 1 aliphatic rings. The standard InChI is InChI=1S/C16H25N3O2/c1-13(19-8-2-3-9-19)11-18-16(20)12-21-15-6-4-14(10-17)5-7-15/h4-7,13H,2-3,8-12,17H2,1H3,(H,18,20). The Bertz CT molecular complexity index is 441. The van der Waals surface area contributed by atoms with E-state index in [1.54, 1.807) is 0 Å². The summed E-state index contributed by atoms with van der Waals surface area (Å²) >= 11 is 0. The predicted molar refractivity (Wildman–Crippen MR) is 83.1 cm³/mol. The van der Waals surface area contributed by atoms with E-state index in [1.807, 2.05) is 24.3 Å². The molecule has 0 aromatic heterocycles. The number of likely N-dealkylation sites (tertiary alicyclic amines) is 1. The molecule has 1 saturated heterocycles. The second kappa shape index (κ2) is 8.00. The van der Waals surface area contributed by atoms with E-state index in [0.29, 0.717) is 24.9 Å². The molecule has 1 unspecified atom stereocenters. The number of nitrogens with one attached hydrogen (secondary N) is 1. The highest BCUT2D eigenvalue weighted by Gasteiger charge is 2.18. The number of ether oxygens (including phenoxy) is 1. The first-order valence-corrected chi connectivity index (χ1v) is 7.61. The lowest BCUT2D eigenvalue weighted by atomic mass is 10.2. The van der Waals surface area contributed by atoms with Gasteiger partial charge in [-0.25, -0.2) is 0 Å². The largest absolute Gasteiger partial charge is 0.484 e. The smallest absolute Gasteiger partial charge is 0.257 e. The number of carbonyl (C=O) groups is 1. The van der Waals surface area contributed by atoms with Crippen molar-refractivity contribution in [2.45, 2.75) is 32.4 Å². The second-order valence-corrected chi connectivity index (χ2v) is 5.53. The van der Waals surface area contributed by atoms with Crippen molar-refractivity contribution in [1.82, 2.24) is 10.2 Å². The highest BCUT2D eigenvalue weighted by Crippen LogP contribution is 2.12. The first-order chi connectivity index (χ1) is 10.2. The van der Waals surface area contributed by atoms with Crippen molar-refractivity contribution in [2.24, 2.45) is 5.73 Å². The topological polar surface area (TPSA) is 67.6 Å². The summed E-state index contributed by atoms with van der Waals surface area (Å²) < 4.78 is 5.46. The predicted octanol–water partition coefficient (Wildman–Crippen LogP) is 1.12. The molecule has 0 aliphatic carbocycles. The molecule has 0 saturated carbocycles. The fourth-order valence-electron chi connectivity index (χ4n) is 2.49. The average Bonchev–Trinajstić information content (AvgIpc) is 3.05. The van der Waals surface area contributed by atoms with Gasteiger partial charge in [0.05, 0.1) is 0 Å². The number of nitrogens with zero attached hydrogens (tertiary/aromatic N) is 1. The van der Waals surface area contributed by atoms with E-state index < -0.39 is 0 Å². The maximum atomic E-state index is 11.8. The van der Waals surface area contributed by atoms with Crippen LogP contribution < -0.4 is 15.8 Å². The van der Waals surface area contributed by atoms with Crippen LogP contribution in [0.2, 0.25) is 0 Å². The van der Waals surface area contributed by atoms with Crippen LogP contribution >= 0.6 is 0 Å². The molecule has 1 amide bonds. The van der Waals surface area contributed by atoms with Crippen molar-refractivity contribution >= 4 is 5.91 Å². The van der Waals surface area contributed by atoms with Crippen molar-refractivity contribution in [3.05, 3.63) is 29.8 Å². The van der Waals surface area contributed by atoms with Crippen molar-refractivity contribution in [2.75, 3.05) is 26.2 Å². The van der Waals surface area contributed by atoms with Crippen LogP contribution in [0.3, 0.4) is 0 Å². The Morgan fingerprint density at radius 1 is 1.33 bits per heavy atom. The summed E-state index contributed by atoms with van der Waals surface area (Å²) in [6, 6.07) is 7.87. The van der Waals surface area contributed by atoms with Crippen molar-refractivity contribution in [3.8, 4) is 5.75 Å². The summed E-state index contributed by atoms with van der Waals surface area (Å²) in [4.78, 5) is 14.2. The van der Waals surface area contributed by atoms with Crippen LogP contribution in [0.5, 0.6) is 5.75 Å². The quantitative estimate of drug-likeness (QED) is 0.790. The molecule has 116 valence electrons. The third kappa shape index (κ3) is 5.02. The second-order valence-electron chi connectivity index (χ2n) is 5.53. The molecular weight excluding hydrogens is 266 g/mol. The Hall–Kier alpha value is -1.59. The zero-order chi connectivity index (χ0) is 15.1. The van der Waals surface area contributed by atoms with Gasteiger partial charge in [0, 0.05) is 19.1 Å². The Balaban J connectivity index is 1.66. The monoisotopic (exact) mass is 291 g/mol. The highest BCUT2D eigenvalue weighted by molar-refractivity contribution is 5.77. The molecule has 5 nitrogen and oxygen atoms in total. The molecule has 2 rings (SSSR count). The summed E-state index contributed by atoms with van der Waals surface area (Å²) in [6.07, 6.45) is 2.53. The van der Waals surface area contributed by atoms with E-state index in [9.17, 15) is 4.79 Å². The van der Waals surface area contributed by atoms with Gasteiger partial charge in [-0.2, -0.15) is 0 Å². The number of amides is 1. The van der Waals surface area contributed by atoms with Gasteiger partial charge in [-0.05, 0) is 50.6 Å². The van der Waals surface area contributed by atoms with E-state index in [4.69, 9.17) is 10.5 Å². The van der Waals surface area contributed by atoms with E-state index in [0.717, 1.165) is 18.7 Å². The molecule has 1 aromatic carbocycles. The molecule has 1 fully saturated rings. The molecule has 0 bridgehead atoms. The molecule has 1 heterocycles. The summed E-state index contributed by atoms with van der Waals surface area (Å²) in [5, 5.41) is 2.93. The summed E-state index contributed by atoms with van der Waals surface area (Å²) in [6.45, 7) is 5.66. The summed E-state index contributed by atoms with van der Waals surface area (Å²) in [7, 11) is 0. The minimum Gasteiger partial charge on any atom is -0.484 e. The lowest BCUT2D eigenvalue weighted by molar-refractivity contribution is -0.123. The van der Waals surface area contributed by atoms with Crippen LogP contribution in [-0.2, 0) is 11.3 Å². The van der Waals surface area contributed by atoms with Crippen LogP contribution in [0.4, 0.5) is 0 Å². The molecule has 0 radical (unpaired) electrons. The minimum absolute atomic E-state index is 0.0503. The number of carbonyl (C=O) groups excluding carboxylic acids is 1. The number of hydrogen-bond donors (Lipinski definition) is 2. The number of rotatable bonds is 7. The molecule has 1 atom stereocenters. The van der Waals surface area contributed by atoms with E-state index in [-0.39, 0.29) is 12.5 Å². The third-order valence-electron chi connectivity index (χ3n) is 3.89. The van der Waals surface area contributed by atoms with Gasteiger partial charge in [0.25, 0.3) is 5.91 Å². The van der Waals surface area contributed by atoms with E-state index >= 15 is 0 Å². The molecule has 0 spiro atoms. The lowest BCUT2D eigenvalue weighted by Gasteiger charge is -2.23. The average molecular weight is 291 g/mol. The number of benzene rings is 1. The Morgan fingerprint density at radius 3 is 2.62 bits per heavy atom. The Kier molecular flexibility index (Phi) is 6.02. The third-order valence-corrected chi connectivity index (χ3v) is 3.89. The summed E-state index contributed by atoms with van der Waals surface area (Å²) in [5.41, 5.74) is 6.58. The number of hydrogen-bond acceptors (Lipinski definition) is 4. The zero-order valence-electron chi connectivity index (χ0n) is 12.7. The highest BCUT2D eigenvalue weighted by atomic mass is 16.5. The molecular formula is C16H25N3O2. The van der Waals surface area contributed by atoms with Gasteiger partial charge in [0.1, 0.15) is 5.75 Å². The molecule has 1 aromatic rings. The van der Waals surface area contributed by atoms with E-state index in [2.05, 4.69) is 17.1 Å². The van der Waals surface area contributed by atoms with Crippen molar-refractivity contribution in [1.29, 1.82) is 0 Å². The van der Waals surface area contributed by atoms with Gasteiger partial charge < -0.3 is 15.8 Å². The van der Waals surface area contributed by atoms with Crippen LogP contribution in [0.1, 0.15) is 25.3 Å². The fourth-order valence-corrected chi connectivity index (χ4v) is 2.49. The van der Waals surface area contributed by atoms with Gasteiger partial charge in [-0.1, -0.05) is 12.1 Å². The van der Waals surface area contributed by atoms with Gasteiger partial charge >= 0.3 is 0 Å². The molecule has 3 N–H and O–H groups in total. The molecule has 5 heteroatoms. The van der Waals surface area contributed by atoms with Gasteiger partial charge in [0.2, 0.25) is 0 Å². The molecule has 21 heavy (non-hydrogen) atoms.